The molecule has 0 unspecified atom stereocenters. The molecule has 0 aliphatic heterocycles. The Bertz CT molecular complexity index is 617. The van der Waals surface area contributed by atoms with Gasteiger partial charge in [-0.3, -0.25) is 0 Å². The van der Waals surface area contributed by atoms with Crippen LogP contribution in [0, 0.1) is 0 Å². The second-order valence-electron chi connectivity index (χ2n) is 3.91. The van der Waals surface area contributed by atoms with Gasteiger partial charge in [0.25, 0.3) is 0 Å². The highest BCUT2D eigenvalue weighted by Crippen LogP contribution is 2.37. The highest BCUT2D eigenvalue weighted by Gasteiger charge is 2.35. The van der Waals surface area contributed by atoms with Crippen LogP contribution in [0.1, 0.15) is 11.1 Å². The predicted molar refractivity (Wildman–Crippen MR) is 68.7 cm³/mol. The first-order valence-corrected chi connectivity index (χ1v) is 5.98. The summed E-state index contributed by atoms with van der Waals surface area (Å²) in [5.74, 6) is -0.374. The van der Waals surface area contributed by atoms with Gasteiger partial charge in [-0.1, -0.05) is 17.7 Å². The Morgan fingerprint density at radius 1 is 1.25 bits per heavy atom. The zero-order valence-electron chi connectivity index (χ0n) is 10.1. The van der Waals surface area contributed by atoms with Gasteiger partial charge >= 0.3 is 6.18 Å². The molecule has 0 amide bonds. The van der Waals surface area contributed by atoms with Crippen LogP contribution in [0.25, 0.3) is 0 Å². The predicted octanol–water partition coefficient (Wildman–Crippen LogP) is 4.00. The lowest BCUT2D eigenvalue weighted by molar-refractivity contribution is -0.138. The van der Waals surface area contributed by atoms with Crippen molar-refractivity contribution in [3.8, 4) is 11.6 Å². The SMILES string of the molecule is NCc1ccc(Cl)cc1Oc1ncccc1C(F)(F)F. The van der Waals surface area contributed by atoms with Crippen LogP contribution in [-0.2, 0) is 12.7 Å². The molecule has 1 heterocycles. The molecule has 20 heavy (non-hydrogen) atoms. The number of hydrogen-bond donors (Lipinski definition) is 1. The van der Waals surface area contributed by atoms with Crippen LogP contribution in [-0.4, -0.2) is 4.98 Å². The molecule has 7 heteroatoms. The molecule has 0 atom stereocenters. The van der Waals surface area contributed by atoms with Crippen LogP contribution in [0.3, 0.4) is 0 Å². The zero-order chi connectivity index (χ0) is 14.8. The Morgan fingerprint density at radius 3 is 2.65 bits per heavy atom. The summed E-state index contributed by atoms with van der Waals surface area (Å²) < 4.78 is 43.8. The van der Waals surface area contributed by atoms with E-state index in [1.807, 2.05) is 0 Å². The summed E-state index contributed by atoms with van der Waals surface area (Å²) in [5, 5.41) is 0.335. The number of pyridine rings is 1. The van der Waals surface area contributed by atoms with Crippen molar-refractivity contribution < 1.29 is 17.9 Å². The quantitative estimate of drug-likeness (QED) is 0.932. The van der Waals surface area contributed by atoms with Crippen LogP contribution in [0.2, 0.25) is 5.02 Å². The molecule has 3 nitrogen and oxygen atoms in total. The third-order valence-electron chi connectivity index (χ3n) is 2.53. The minimum Gasteiger partial charge on any atom is -0.438 e. The second-order valence-corrected chi connectivity index (χ2v) is 4.35. The third-order valence-corrected chi connectivity index (χ3v) is 2.77. The fourth-order valence-corrected chi connectivity index (χ4v) is 1.75. The monoisotopic (exact) mass is 302 g/mol. The number of nitrogens with two attached hydrogens (primary N) is 1. The van der Waals surface area contributed by atoms with Crippen molar-refractivity contribution in [2.45, 2.75) is 12.7 Å². The van der Waals surface area contributed by atoms with Gasteiger partial charge < -0.3 is 10.5 Å². The molecule has 2 N–H and O–H groups in total. The van der Waals surface area contributed by atoms with Crippen molar-refractivity contribution >= 4 is 11.6 Å². The molecular weight excluding hydrogens is 293 g/mol. The van der Waals surface area contributed by atoms with Crippen molar-refractivity contribution in [1.82, 2.24) is 4.98 Å². The largest absolute Gasteiger partial charge is 0.438 e. The summed E-state index contributed by atoms with van der Waals surface area (Å²) in [6.07, 6.45) is -3.33. The number of rotatable bonds is 3. The van der Waals surface area contributed by atoms with Gasteiger partial charge in [-0.05, 0) is 24.3 Å². The van der Waals surface area contributed by atoms with Gasteiger partial charge in [0.05, 0.1) is 0 Å². The van der Waals surface area contributed by atoms with Gasteiger partial charge in [0.2, 0.25) is 5.88 Å². The number of nitrogens with zero attached hydrogens (tertiary/aromatic N) is 1. The molecule has 2 rings (SSSR count). The Balaban J connectivity index is 2.43. The van der Waals surface area contributed by atoms with Crippen LogP contribution >= 0.6 is 11.6 Å². The van der Waals surface area contributed by atoms with Gasteiger partial charge in [-0.25, -0.2) is 4.98 Å². The smallest absolute Gasteiger partial charge is 0.421 e. The fourth-order valence-electron chi connectivity index (χ4n) is 1.58. The van der Waals surface area contributed by atoms with Crippen molar-refractivity contribution in [3.05, 3.63) is 52.7 Å². The van der Waals surface area contributed by atoms with E-state index in [0.717, 1.165) is 6.07 Å². The molecule has 0 aliphatic carbocycles. The molecule has 2 aromatic rings. The third kappa shape index (κ3) is 3.20. The second kappa shape index (κ2) is 5.68. The summed E-state index contributed by atoms with van der Waals surface area (Å²) in [4.78, 5) is 3.62. The van der Waals surface area contributed by atoms with E-state index in [9.17, 15) is 13.2 Å². The molecule has 1 aromatic carbocycles. The minimum atomic E-state index is -4.55. The van der Waals surface area contributed by atoms with E-state index >= 15 is 0 Å². The first-order chi connectivity index (χ1) is 9.41. The first kappa shape index (κ1) is 14.6. The molecule has 0 saturated carbocycles. The summed E-state index contributed by atoms with van der Waals surface area (Å²) in [6.45, 7) is 0.112. The van der Waals surface area contributed by atoms with Crippen molar-refractivity contribution in [1.29, 1.82) is 0 Å². The maximum atomic E-state index is 12.8. The van der Waals surface area contributed by atoms with Crippen molar-refractivity contribution in [3.63, 3.8) is 0 Å². The summed E-state index contributed by atoms with van der Waals surface area (Å²) in [6, 6.07) is 6.67. The molecule has 1 aromatic heterocycles. The Hall–Kier alpha value is -1.79. The maximum absolute atomic E-state index is 12.8. The average molecular weight is 303 g/mol. The first-order valence-electron chi connectivity index (χ1n) is 5.60. The van der Waals surface area contributed by atoms with E-state index in [-0.39, 0.29) is 12.3 Å². The number of alkyl halides is 3. The molecule has 0 aliphatic rings. The van der Waals surface area contributed by atoms with Gasteiger partial charge in [-0.15, -0.1) is 0 Å². The van der Waals surface area contributed by atoms with E-state index in [1.165, 1.54) is 18.3 Å². The molecule has 0 radical (unpaired) electrons. The fraction of sp³-hybridized carbons (Fsp3) is 0.154. The number of aromatic nitrogens is 1. The minimum absolute atomic E-state index is 0.112. The van der Waals surface area contributed by atoms with Crippen molar-refractivity contribution in [2.75, 3.05) is 0 Å². The van der Waals surface area contributed by atoms with E-state index < -0.39 is 17.6 Å². The van der Waals surface area contributed by atoms with Gasteiger partial charge in [0, 0.05) is 23.3 Å². The van der Waals surface area contributed by atoms with E-state index in [0.29, 0.717) is 10.6 Å². The molecule has 0 bridgehead atoms. The lowest BCUT2D eigenvalue weighted by atomic mass is 10.2. The Labute approximate surface area is 118 Å². The van der Waals surface area contributed by atoms with E-state index in [2.05, 4.69) is 4.98 Å². The topological polar surface area (TPSA) is 48.1 Å². The van der Waals surface area contributed by atoms with Gasteiger partial charge in [0.15, 0.2) is 0 Å². The van der Waals surface area contributed by atoms with Crippen molar-refractivity contribution in [2.24, 2.45) is 5.73 Å². The molecule has 0 fully saturated rings. The van der Waals surface area contributed by atoms with Crippen LogP contribution in [0.5, 0.6) is 11.6 Å². The van der Waals surface area contributed by atoms with E-state index in [1.54, 1.807) is 12.1 Å². The molecule has 0 spiro atoms. The lowest BCUT2D eigenvalue weighted by Gasteiger charge is -2.14. The maximum Gasteiger partial charge on any atom is 0.421 e. The number of halogens is 4. The average Bonchev–Trinajstić information content (AvgIpc) is 2.38. The highest BCUT2D eigenvalue weighted by molar-refractivity contribution is 6.30. The van der Waals surface area contributed by atoms with Crippen LogP contribution in [0.4, 0.5) is 13.2 Å². The van der Waals surface area contributed by atoms with Crippen LogP contribution in [0.15, 0.2) is 36.5 Å². The number of ether oxygens (including phenoxy) is 1. The Morgan fingerprint density at radius 2 is 2.00 bits per heavy atom. The summed E-state index contributed by atoms with van der Waals surface area (Å²) in [7, 11) is 0. The lowest BCUT2D eigenvalue weighted by Crippen LogP contribution is -2.09. The summed E-state index contributed by atoms with van der Waals surface area (Å²) >= 11 is 5.81. The molecule has 106 valence electrons. The normalized spacial score (nSPS) is 11.4. The van der Waals surface area contributed by atoms with Gasteiger partial charge in [-0.2, -0.15) is 13.2 Å². The summed E-state index contributed by atoms with van der Waals surface area (Å²) in [5.41, 5.74) is 5.09. The van der Waals surface area contributed by atoms with Crippen LogP contribution < -0.4 is 10.5 Å². The highest BCUT2D eigenvalue weighted by atomic mass is 35.5. The Kier molecular flexibility index (Phi) is 4.15. The zero-order valence-corrected chi connectivity index (χ0v) is 10.9. The van der Waals surface area contributed by atoms with Gasteiger partial charge in [0.1, 0.15) is 11.3 Å². The van der Waals surface area contributed by atoms with E-state index in [4.69, 9.17) is 22.1 Å². The number of benzene rings is 1. The molecule has 0 saturated heterocycles. The molecular formula is C13H10ClF3N2O. The standard InChI is InChI=1S/C13H10ClF3N2O/c14-9-4-3-8(7-18)11(6-9)20-12-10(13(15,16)17)2-1-5-19-12/h1-6H,7,18H2. The number of hydrogen-bond acceptors (Lipinski definition) is 3.